The molecule has 0 amide bonds. The molecule has 0 fully saturated rings. The summed E-state index contributed by atoms with van der Waals surface area (Å²) in [6, 6.07) is 6.91. The van der Waals surface area contributed by atoms with Gasteiger partial charge in [0.05, 0.1) is 4.90 Å². The van der Waals surface area contributed by atoms with Crippen LogP contribution in [-0.2, 0) is 11.1 Å². The van der Waals surface area contributed by atoms with Crippen molar-refractivity contribution in [3.63, 3.8) is 0 Å². The summed E-state index contributed by atoms with van der Waals surface area (Å²) in [4.78, 5) is 0.450. The van der Waals surface area contributed by atoms with Gasteiger partial charge in [0.15, 0.2) is 11.1 Å². The monoisotopic (exact) mass is 180 g/mol. The molecule has 0 aliphatic rings. The van der Waals surface area contributed by atoms with Gasteiger partial charge in [-0.15, -0.1) is 0 Å². The van der Waals surface area contributed by atoms with E-state index in [1.165, 1.54) is 0 Å². The van der Waals surface area contributed by atoms with E-state index in [2.05, 4.69) is 0 Å². The average molecular weight is 180 g/mol. The molecule has 0 spiro atoms. The first kappa shape index (κ1) is 11.3. The van der Waals surface area contributed by atoms with Crippen molar-refractivity contribution in [2.75, 3.05) is 0 Å². The van der Waals surface area contributed by atoms with Crippen LogP contribution in [0.4, 0.5) is 0 Å². The molecule has 4 heteroatoms. The Labute approximate surface area is 90.6 Å². The quantitative estimate of drug-likeness (QED) is 0.515. The van der Waals surface area contributed by atoms with Gasteiger partial charge < -0.3 is 4.55 Å². The molecule has 0 aliphatic carbocycles. The molecule has 1 rings (SSSR count). The van der Waals surface area contributed by atoms with Crippen LogP contribution < -0.4 is 0 Å². The van der Waals surface area contributed by atoms with Crippen molar-refractivity contribution in [2.45, 2.75) is 11.8 Å². The standard InChI is InChI=1S/C7H8O2S.Na.H/c1-6-2-4-7(5-3-6)10(8)9;;/h2-5H,1H3,(H,8,9);;. The Kier molecular flexibility index (Phi) is 5.21. The van der Waals surface area contributed by atoms with Gasteiger partial charge in [0.25, 0.3) is 0 Å². The maximum absolute atomic E-state index is 10.4. The van der Waals surface area contributed by atoms with Crippen molar-refractivity contribution in [3.05, 3.63) is 29.8 Å². The minimum atomic E-state index is -1.84. The molecule has 0 saturated carbocycles. The van der Waals surface area contributed by atoms with Gasteiger partial charge in [0.1, 0.15) is 0 Å². The summed E-state index contributed by atoms with van der Waals surface area (Å²) in [7, 11) is 0. The van der Waals surface area contributed by atoms with Gasteiger partial charge in [-0.1, -0.05) is 17.7 Å². The van der Waals surface area contributed by atoms with Crippen LogP contribution in [0.15, 0.2) is 29.2 Å². The molecule has 11 heavy (non-hydrogen) atoms. The molecule has 0 saturated heterocycles. The zero-order chi connectivity index (χ0) is 7.56. The maximum atomic E-state index is 10.4. The van der Waals surface area contributed by atoms with Gasteiger partial charge in [0.2, 0.25) is 0 Å². The Morgan fingerprint density at radius 3 is 2.09 bits per heavy atom. The molecule has 0 heterocycles. The fourth-order valence-corrected chi connectivity index (χ4v) is 1.02. The van der Waals surface area contributed by atoms with Gasteiger partial charge in [-0.3, -0.25) is 0 Å². The van der Waals surface area contributed by atoms with Gasteiger partial charge >= 0.3 is 29.6 Å². The molecule has 0 bridgehead atoms. The molecule has 1 aromatic rings. The third-order valence-corrected chi connectivity index (χ3v) is 1.90. The van der Waals surface area contributed by atoms with Crippen LogP contribution in [0.1, 0.15) is 5.56 Å². The van der Waals surface area contributed by atoms with E-state index in [4.69, 9.17) is 4.55 Å². The third-order valence-electron chi connectivity index (χ3n) is 1.22. The van der Waals surface area contributed by atoms with Crippen LogP contribution in [0.2, 0.25) is 0 Å². The second-order valence-corrected chi connectivity index (χ2v) is 3.03. The normalized spacial score (nSPS) is 11.8. The fraction of sp³-hybridized carbons (Fsp3) is 0.143. The molecular weight excluding hydrogens is 171 g/mol. The zero-order valence-corrected chi connectivity index (χ0v) is 6.39. The van der Waals surface area contributed by atoms with Gasteiger partial charge in [0, 0.05) is 0 Å². The number of hydrogen-bond donors (Lipinski definition) is 1. The summed E-state index contributed by atoms with van der Waals surface area (Å²) in [6.45, 7) is 1.93. The Balaban J connectivity index is 0.000001000. The summed E-state index contributed by atoms with van der Waals surface area (Å²) < 4.78 is 19.0. The molecule has 2 nitrogen and oxygen atoms in total. The first-order chi connectivity index (χ1) is 4.70. The van der Waals surface area contributed by atoms with E-state index in [1.807, 2.05) is 19.1 Å². The summed E-state index contributed by atoms with van der Waals surface area (Å²) >= 11 is -1.84. The number of aryl methyl sites for hydroxylation is 1. The molecule has 1 N–H and O–H groups in total. The molecular formula is C7H9NaO2S. The second kappa shape index (κ2) is 5.06. The van der Waals surface area contributed by atoms with Gasteiger partial charge in [-0.05, 0) is 19.1 Å². The van der Waals surface area contributed by atoms with Crippen LogP contribution in [0.5, 0.6) is 0 Å². The van der Waals surface area contributed by atoms with Gasteiger partial charge in [-0.25, -0.2) is 4.21 Å². The molecule has 1 aromatic carbocycles. The Morgan fingerprint density at radius 2 is 1.73 bits per heavy atom. The number of hydrogen-bond acceptors (Lipinski definition) is 1. The fourth-order valence-electron chi connectivity index (χ4n) is 0.655. The molecule has 0 aromatic heterocycles. The predicted octanol–water partition coefficient (Wildman–Crippen LogP) is 0.927. The van der Waals surface area contributed by atoms with Crippen LogP contribution >= 0.6 is 0 Å². The van der Waals surface area contributed by atoms with Crippen LogP contribution in [-0.4, -0.2) is 38.3 Å². The zero-order valence-electron chi connectivity index (χ0n) is 5.57. The van der Waals surface area contributed by atoms with Crippen molar-refractivity contribution >= 4 is 40.6 Å². The minimum absolute atomic E-state index is 0. The van der Waals surface area contributed by atoms with E-state index < -0.39 is 11.1 Å². The van der Waals surface area contributed by atoms with Gasteiger partial charge in [-0.2, -0.15) is 0 Å². The number of benzene rings is 1. The van der Waals surface area contributed by atoms with E-state index in [0.717, 1.165) is 5.56 Å². The molecule has 0 aliphatic heterocycles. The van der Waals surface area contributed by atoms with Crippen molar-refractivity contribution in [1.29, 1.82) is 0 Å². The van der Waals surface area contributed by atoms with Crippen LogP contribution in [0, 0.1) is 6.92 Å². The molecule has 0 radical (unpaired) electrons. The van der Waals surface area contributed by atoms with Crippen LogP contribution in [0.25, 0.3) is 0 Å². The van der Waals surface area contributed by atoms with E-state index in [9.17, 15) is 4.21 Å². The van der Waals surface area contributed by atoms with E-state index in [-0.39, 0.29) is 29.6 Å². The van der Waals surface area contributed by atoms with Crippen molar-refractivity contribution < 1.29 is 8.76 Å². The Bertz CT molecular complexity index is 245. The summed E-state index contributed by atoms with van der Waals surface area (Å²) in [6.07, 6.45) is 0. The first-order valence-corrected chi connectivity index (χ1v) is 3.98. The average Bonchev–Trinajstić information content (AvgIpc) is 1.88. The summed E-state index contributed by atoms with van der Waals surface area (Å²) in [5, 5.41) is 0. The number of rotatable bonds is 1. The summed E-state index contributed by atoms with van der Waals surface area (Å²) in [5.74, 6) is 0. The van der Waals surface area contributed by atoms with E-state index >= 15 is 0 Å². The van der Waals surface area contributed by atoms with Crippen molar-refractivity contribution in [1.82, 2.24) is 0 Å². The molecule has 56 valence electrons. The Hall–Kier alpha value is 0.330. The molecule has 1 unspecified atom stereocenters. The first-order valence-electron chi connectivity index (χ1n) is 2.87. The topological polar surface area (TPSA) is 37.3 Å². The summed E-state index contributed by atoms with van der Waals surface area (Å²) in [5.41, 5.74) is 1.09. The SMILES string of the molecule is Cc1ccc(S(=O)O)cc1.[NaH]. The van der Waals surface area contributed by atoms with E-state index in [1.54, 1.807) is 12.1 Å². The predicted molar refractivity (Wildman–Crippen MR) is 47.4 cm³/mol. The molecule has 1 atom stereocenters. The van der Waals surface area contributed by atoms with Crippen molar-refractivity contribution in [3.8, 4) is 0 Å². The van der Waals surface area contributed by atoms with Crippen LogP contribution in [0.3, 0.4) is 0 Å². The van der Waals surface area contributed by atoms with Crippen molar-refractivity contribution in [2.24, 2.45) is 0 Å². The van der Waals surface area contributed by atoms with E-state index in [0.29, 0.717) is 4.90 Å². The third kappa shape index (κ3) is 3.49. The Morgan fingerprint density at radius 1 is 1.27 bits per heavy atom. The second-order valence-electron chi connectivity index (χ2n) is 2.06.